The summed E-state index contributed by atoms with van der Waals surface area (Å²) in [6.45, 7) is 2.88. The Labute approximate surface area is 106 Å². The second-order valence-electron chi connectivity index (χ2n) is 3.59. The quantitative estimate of drug-likeness (QED) is 0.943. The number of halogens is 2. The molecule has 2 rings (SSSR count). The van der Waals surface area contributed by atoms with Gasteiger partial charge in [0.2, 0.25) is 5.89 Å². The molecule has 0 amide bonds. The fourth-order valence-corrected chi connectivity index (χ4v) is 1.80. The second kappa shape index (κ2) is 5.37. The Bertz CT molecular complexity index is 515. The standard InChI is InChI=1S/C11H11BrFN3O/c1-7-15-11(17-16-7)6-14-5-8-2-3-10(13)9(12)4-8/h2-4,14H,5-6H2,1H3. The summed E-state index contributed by atoms with van der Waals surface area (Å²) in [5.74, 6) is 0.899. The SMILES string of the molecule is Cc1noc(CNCc2ccc(F)c(Br)c2)n1. The Morgan fingerprint density at radius 1 is 1.41 bits per heavy atom. The molecule has 17 heavy (non-hydrogen) atoms. The van der Waals surface area contributed by atoms with Gasteiger partial charge in [-0.3, -0.25) is 0 Å². The highest BCUT2D eigenvalue weighted by molar-refractivity contribution is 9.10. The number of benzene rings is 1. The van der Waals surface area contributed by atoms with E-state index >= 15 is 0 Å². The Kier molecular flexibility index (Phi) is 3.86. The first kappa shape index (κ1) is 12.2. The molecule has 2 aromatic rings. The molecular weight excluding hydrogens is 289 g/mol. The maximum Gasteiger partial charge on any atom is 0.240 e. The van der Waals surface area contributed by atoms with Crippen molar-refractivity contribution < 1.29 is 8.91 Å². The number of rotatable bonds is 4. The molecule has 0 saturated heterocycles. The summed E-state index contributed by atoms with van der Waals surface area (Å²) in [4.78, 5) is 4.06. The van der Waals surface area contributed by atoms with Crippen molar-refractivity contribution in [3.63, 3.8) is 0 Å². The van der Waals surface area contributed by atoms with E-state index in [0.717, 1.165) is 5.56 Å². The van der Waals surface area contributed by atoms with Crippen molar-refractivity contribution in [1.29, 1.82) is 0 Å². The normalized spacial score (nSPS) is 10.8. The van der Waals surface area contributed by atoms with Crippen molar-refractivity contribution in [1.82, 2.24) is 15.5 Å². The largest absolute Gasteiger partial charge is 0.338 e. The van der Waals surface area contributed by atoms with Gasteiger partial charge in [-0.2, -0.15) is 4.98 Å². The van der Waals surface area contributed by atoms with Crippen molar-refractivity contribution in [3.8, 4) is 0 Å². The Morgan fingerprint density at radius 2 is 2.24 bits per heavy atom. The van der Waals surface area contributed by atoms with E-state index in [1.54, 1.807) is 19.1 Å². The van der Waals surface area contributed by atoms with E-state index in [4.69, 9.17) is 4.52 Å². The lowest BCUT2D eigenvalue weighted by molar-refractivity contribution is 0.364. The van der Waals surface area contributed by atoms with E-state index in [2.05, 4.69) is 31.4 Å². The molecule has 0 unspecified atom stereocenters. The lowest BCUT2D eigenvalue weighted by Crippen LogP contribution is -2.13. The molecule has 4 nitrogen and oxygen atoms in total. The van der Waals surface area contributed by atoms with Crippen LogP contribution in [0.15, 0.2) is 27.2 Å². The Hall–Kier alpha value is -1.27. The molecule has 6 heteroatoms. The number of aryl methyl sites for hydroxylation is 1. The van der Waals surface area contributed by atoms with Gasteiger partial charge in [0.1, 0.15) is 5.82 Å². The van der Waals surface area contributed by atoms with Gasteiger partial charge >= 0.3 is 0 Å². The predicted molar refractivity (Wildman–Crippen MR) is 63.7 cm³/mol. The van der Waals surface area contributed by atoms with Crippen molar-refractivity contribution in [2.45, 2.75) is 20.0 Å². The van der Waals surface area contributed by atoms with Gasteiger partial charge in [-0.25, -0.2) is 4.39 Å². The highest BCUT2D eigenvalue weighted by Gasteiger charge is 2.03. The minimum Gasteiger partial charge on any atom is -0.338 e. The molecule has 0 atom stereocenters. The summed E-state index contributed by atoms with van der Waals surface area (Å²) in [6.07, 6.45) is 0. The van der Waals surface area contributed by atoms with Gasteiger partial charge in [-0.1, -0.05) is 11.2 Å². The summed E-state index contributed by atoms with van der Waals surface area (Å²) in [5.41, 5.74) is 0.981. The maximum atomic E-state index is 13.0. The average molecular weight is 300 g/mol. The lowest BCUT2D eigenvalue weighted by Gasteiger charge is -2.03. The molecule has 0 aliphatic heterocycles. The number of aromatic nitrogens is 2. The van der Waals surface area contributed by atoms with Crippen LogP contribution in [0.2, 0.25) is 0 Å². The molecule has 0 radical (unpaired) electrons. The molecule has 0 fully saturated rings. The smallest absolute Gasteiger partial charge is 0.240 e. The van der Waals surface area contributed by atoms with Crippen LogP contribution in [-0.4, -0.2) is 10.1 Å². The molecule has 0 spiro atoms. The summed E-state index contributed by atoms with van der Waals surface area (Å²) < 4.78 is 18.4. The number of hydrogen-bond donors (Lipinski definition) is 1. The third-order valence-electron chi connectivity index (χ3n) is 2.16. The molecule has 1 N–H and O–H groups in total. The summed E-state index contributed by atoms with van der Waals surface area (Å²) in [6, 6.07) is 4.89. The lowest BCUT2D eigenvalue weighted by atomic mass is 10.2. The van der Waals surface area contributed by atoms with Crippen molar-refractivity contribution in [3.05, 3.63) is 45.8 Å². The minimum atomic E-state index is -0.263. The van der Waals surface area contributed by atoms with Crippen LogP contribution in [0.4, 0.5) is 4.39 Å². The zero-order chi connectivity index (χ0) is 12.3. The number of nitrogens with one attached hydrogen (secondary N) is 1. The van der Waals surface area contributed by atoms with E-state index in [9.17, 15) is 4.39 Å². The molecule has 0 saturated carbocycles. The fourth-order valence-electron chi connectivity index (χ4n) is 1.38. The highest BCUT2D eigenvalue weighted by Crippen LogP contribution is 2.16. The van der Waals surface area contributed by atoms with Crippen LogP contribution in [0.5, 0.6) is 0 Å². The maximum absolute atomic E-state index is 13.0. The Balaban J connectivity index is 1.87. The van der Waals surface area contributed by atoms with Gasteiger partial charge in [-0.05, 0) is 40.5 Å². The van der Waals surface area contributed by atoms with E-state index < -0.39 is 0 Å². The highest BCUT2D eigenvalue weighted by atomic mass is 79.9. The van der Waals surface area contributed by atoms with Crippen LogP contribution in [0.25, 0.3) is 0 Å². The van der Waals surface area contributed by atoms with Crippen LogP contribution < -0.4 is 5.32 Å². The van der Waals surface area contributed by atoms with E-state index in [1.165, 1.54) is 6.07 Å². The average Bonchev–Trinajstić information content (AvgIpc) is 2.70. The third-order valence-corrected chi connectivity index (χ3v) is 2.77. The van der Waals surface area contributed by atoms with Crippen molar-refractivity contribution in [2.24, 2.45) is 0 Å². The van der Waals surface area contributed by atoms with Gasteiger partial charge < -0.3 is 9.84 Å². The van der Waals surface area contributed by atoms with Gasteiger partial charge in [0.15, 0.2) is 5.82 Å². The Morgan fingerprint density at radius 3 is 2.88 bits per heavy atom. The molecule has 90 valence electrons. The first-order valence-electron chi connectivity index (χ1n) is 5.09. The van der Waals surface area contributed by atoms with E-state index in [-0.39, 0.29) is 5.82 Å². The predicted octanol–water partition coefficient (Wildman–Crippen LogP) is 2.57. The fraction of sp³-hybridized carbons (Fsp3) is 0.273. The number of nitrogens with zero attached hydrogens (tertiary/aromatic N) is 2. The molecule has 1 aromatic carbocycles. The summed E-state index contributed by atoms with van der Waals surface area (Å²) in [5, 5.41) is 6.82. The van der Waals surface area contributed by atoms with Gasteiger partial charge in [0.05, 0.1) is 11.0 Å². The molecule has 0 bridgehead atoms. The van der Waals surface area contributed by atoms with Crippen LogP contribution in [0, 0.1) is 12.7 Å². The van der Waals surface area contributed by atoms with Gasteiger partial charge in [0, 0.05) is 6.54 Å². The van der Waals surface area contributed by atoms with Crippen LogP contribution in [0.1, 0.15) is 17.3 Å². The molecule has 0 aliphatic carbocycles. The zero-order valence-corrected chi connectivity index (χ0v) is 10.8. The van der Waals surface area contributed by atoms with Crippen LogP contribution in [-0.2, 0) is 13.1 Å². The topological polar surface area (TPSA) is 51.0 Å². The first-order chi connectivity index (χ1) is 8.15. The third kappa shape index (κ3) is 3.34. The second-order valence-corrected chi connectivity index (χ2v) is 4.44. The summed E-state index contributed by atoms with van der Waals surface area (Å²) >= 11 is 3.14. The first-order valence-corrected chi connectivity index (χ1v) is 5.88. The van der Waals surface area contributed by atoms with Crippen molar-refractivity contribution in [2.75, 3.05) is 0 Å². The zero-order valence-electron chi connectivity index (χ0n) is 9.20. The van der Waals surface area contributed by atoms with E-state index in [0.29, 0.717) is 29.3 Å². The van der Waals surface area contributed by atoms with Crippen LogP contribution in [0.3, 0.4) is 0 Å². The molecular formula is C11H11BrFN3O. The molecule has 1 heterocycles. The summed E-state index contributed by atoms with van der Waals surface area (Å²) in [7, 11) is 0. The van der Waals surface area contributed by atoms with Crippen molar-refractivity contribution >= 4 is 15.9 Å². The minimum absolute atomic E-state index is 0.263. The number of hydrogen-bond acceptors (Lipinski definition) is 4. The molecule has 1 aromatic heterocycles. The monoisotopic (exact) mass is 299 g/mol. The van der Waals surface area contributed by atoms with Gasteiger partial charge in [-0.15, -0.1) is 0 Å². The van der Waals surface area contributed by atoms with Gasteiger partial charge in [0.25, 0.3) is 0 Å². The van der Waals surface area contributed by atoms with E-state index in [1.807, 2.05) is 0 Å². The van der Waals surface area contributed by atoms with Crippen LogP contribution >= 0.6 is 15.9 Å². The molecule has 0 aliphatic rings.